The Labute approximate surface area is 137 Å². The molecule has 1 atom stereocenters. The molecule has 0 aromatic heterocycles. The van der Waals surface area contributed by atoms with Crippen LogP contribution in [0.1, 0.15) is 0 Å². The van der Waals surface area contributed by atoms with Crippen LogP contribution in [0, 0.1) is 11.7 Å². The molecule has 2 aliphatic rings. The fourth-order valence-corrected chi connectivity index (χ4v) is 2.90. The fraction of sp³-hybridized carbons (Fsp3) is 0.368. The van der Waals surface area contributed by atoms with Crippen LogP contribution in [0.15, 0.2) is 60.7 Å². The van der Waals surface area contributed by atoms with Crippen LogP contribution in [0.25, 0.3) is 0 Å². The van der Waals surface area contributed by atoms with Gasteiger partial charge in [-0.25, -0.2) is 4.39 Å². The molecular formula is C19H23FN2O. The molecule has 0 spiro atoms. The number of allylic oxidation sites excluding steroid dienone is 4. The SMILES string of the molecule is Fc1ccc(OC(CN2CCNCC2)C2C=CC=CC=C2)cc1. The Hall–Kier alpha value is -1.91. The van der Waals surface area contributed by atoms with Gasteiger partial charge in [0.05, 0.1) is 0 Å². The second-order valence-electron chi connectivity index (χ2n) is 5.89. The van der Waals surface area contributed by atoms with E-state index in [1.807, 2.05) is 12.2 Å². The number of hydrogen-bond donors (Lipinski definition) is 1. The summed E-state index contributed by atoms with van der Waals surface area (Å²) in [5, 5.41) is 3.37. The van der Waals surface area contributed by atoms with Gasteiger partial charge in [0.1, 0.15) is 17.7 Å². The van der Waals surface area contributed by atoms with Crippen LogP contribution in [-0.2, 0) is 0 Å². The summed E-state index contributed by atoms with van der Waals surface area (Å²) in [6.45, 7) is 4.95. The summed E-state index contributed by atoms with van der Waals surface area (Å²) in [4.78, 5) is 2.42. The first-order chi connectivity index (χ1) is 11.3. The Kier molecular flexibility index (Phi) is 5.61. The van der Waals surface area contributed by atoms with E-state index in [2.05, 4.69) is 34.5 Å². The summed E-state index contributed by atoms with van der Waals surface area (Å²) in [7, 11) is 0. The third-order valence-corrected chi connectivity index (χ3v) is 4.18. The molecule has 1 fully saturated rings. The number of nitrogens with zero attached hydrogens (tertiary/aromatic N) is 1. The third kappa shape index (κ3) is 4.78. The lowest BCUT2D eigenvalue weighted by Gasteiger charge is -2.33. The molecule has 122 valence electrons. The van der Waals surface area contributed by atoms with Gasteiger partial charge in [-0.1, -0.05) is 36.5 Å². The summed E-state index contributed by atoms with van der Waals surface area (Å²) >= 11 is 0. The molecule has 1 heterocycles. The Morgan fingerprint density at radius 3 is 2.35 bits per heavy atom. The molecule has 1 saturated heterocycles. The van der Waals surface area contributed by atoms with E-state index in [9.17, 15) is 4.39 Å². The van der Waals surface area contributed by atoms with Gasteiger partial charge in [-0.05, 0) is 24.3 Å². The lowest BCUT2D eigenvalue weighted by Crippen LogP contribution is -2.48. The van der Waals surface area contributed by atoms with Gasteiger partial charge in [-0.15, -0.1) is 0 Å². The lowest BCUT2D eigenvalue weighted by molar-refractivity contribution is 0.106. The predicted molar refractivity (Wildman–Crippen MR) is 91.0 cm³/mol. The van der Waals surface area contributed by atoms with Crippen molar-refractivity contribution in [3.63, 3.8) is 0 Å². The summed E-state index contributed by atoms with van der Waals surface area (Å²) in [6, 6.07) is 6.28. The van der Waals surface area contributed by atoms with Gasteiger partial charge in [-0.2, -0.15) is 0 Å². The van der Waals surface area contributed by atoms with Crippen LogP contribution in [0.5, 0.6) is 5.75 Å². The maximum Gasteiger partial charge on any atom is 0.123 e. The van der Waals surface area contributed by atoms with Crippen LogP contribution in [0.4, 0.5) is 4.39 Å². The monoisotopic (exact) mass is 314 g/mol. The summed E-state index contributed by atoms with van der Waals surface area (Å²) in [6.07, 6.45) is 12.5. The fourth-order valence-electron chi connectivity index (χ4n) is 2.90. The highest BCUT2D eigenvalue weighted by molar-refractivity contribution is 5.25. The number of halogens is 1. The third-order valence-electron chi connectivity index (χ3n) is 4.18. The molecule has 1 aliphatic heterocycles. The molecule has 0 amide bonds. The van der Waals surface area contributed by atoms with Crippen molar-refractivity contribution in [3.8, 4) is 5.75 Å². The Morgan fingerprint density at radius 2 is 1.70 bits per heavy atom. The van der Waals surface area contributed by atoms with Crippen molar-refractivity contribution < 1.29 is 9.13 Å². The molecule has 23 heavy (non-hydrogen) atoms. The largest absolute Gasteiger partial charge is 0.488 e. The number of benzene rings is 1. The number of ether oxygens (including phenoxy) is 1. The standard InChI is InChI=1S/C19H23FN2O/c20-17-7-9-18(10-8-17)23-19(15-22-13-11-21-12-14-22)16-5-3-1-2-4-6-16/h1-10,16,19,21H,11-15H2. The summed E-state index contributed by atoms with van der Waals surface area (Å²) in [5.41, 5.74) is 0. The predicted octanol–water partition coefficient (Wildman–Crippen LogP) is 2.78. The van der Waals surface area contributed by atoms with Gasteiger partial charge >= 0.3 is 0 Å². The molecule has 3 rings (SSSR count). The van der Waals surface area contributed by atoms with Gasteiger partial charge in [0.2, 0.25) is 0 Å². The Balaban J connectivity index is 1.72. The molecular weight excluding hydrogens is 291 g/mol. The Morgan fingerprint density at radius 1 is 1.04 bits per heavy atom. The van der Waals surface area contributed by atoms with Crippen LogP contribution in [0.3, 0.4) is 0 Å². The molecule has 1 aromatic carbocycles. The quantitative estimate of drug-likeness (QED) is 0.904. The van der Waals surface area contributed by atoms with E-state index in [1.165, 1.54) is 12.1 Å². The molecule has 1 N–H and O–H groups in total. The van der Waals surface area contributed by atoms with Crippen molar-refractivity contribution in [1.29, 1.82) is 0 Å². The molecule has 0 saturated carbocycles. The minimum Gasteiger partial charge on any atom is -0.488 e. The lowest BCUT2D eigenvalue weighted by atomic mass is 10.0. The van der Waals surface area contributed by atoms with Gasteiger partial charge in [0.15, 0.2) is 0 Å². The van der Waals surface area contributed by atoms with Crippen LogP contribution >= 0.6 is 0 Å². The highest BCUT2D eigenvalue weighted by Crippen LogP contribution is 2.21. The molecule has 1 aliphatic carbocycles. The Bertz CT molecular complexity index is 558. The average Bonchev–Trinajstić information content (AvgIpc) is 2.86. The number of rotatable bonds is 5. The molecule has 1 unspecified atom stereocenters. The molecule has 0 radical (unpaired) electrons. The van der Waals surface area contributed by atoms with E-state index in [0.717, 1.165) is 32.7 Å². The van der Waals surface area contributed by atoms with E-state index in [4.69, 9.17) is 4.74 Å². The van der Waals surface area contributed by atoms with Crippen molar-refractivity contribution in [2.75, 3.05) is 32.7 Å². The summed E-state index contributed by atoms with van der Waals surface area (Å²) in [5.74, 6) is 0.671. The van der Waals surface area contributed by atoms with Crippen molar-refractivity contribution in [2.45, 2.75) is 6.10 Å². The van der Waals surface area contributed by atoms with E-state index >= 15 is 0 Å². The van der Waals surface area contributed by atoms with E-state index in [-0.39, 0.29) is 17.8 Å². The van der Waals surface area contributed by atoms with Crippen molar-refractivity contribution in [1.82, 2.24) is 10.2 Å². The zero-order valence-electron chi connectivity index (χ0n) is 13.2. The zero-order valence-corrected chi connectivity index (χ0v) is 13.2. The maximum atomic E-state index is 13.1. The van der Waals surface area contributed by atoms with E-state index < -0.39 is 0 Å². The van der Waals surface area contributed by atoms with Crippen molar-refractivity contribution >= 4 is 0 Å². The van der Waals surface area contributed by atoms with Gasteiger partial charge in [-0.3, -0.25) is 4.90 Å². The number of nitrogens with one attached hydrogen (secondary N) is 1. The topological polar surface area (TPSA) is 24.5 Å². The van der Waals surface area contributed by atoms with Crippen LogP contribution in [0.2, 0.25) is 0 Å². The van der Waals surface area contributed by atoms with Crippen molar-refractivity contribution in [3.05, 3.63) is 66.5 Å². The number of piperazine rings is 1. The molecule has 3 nitrogen and oxygen atoms in total. The smallest absolute Gasteiger partial charge is 0.123 e. The average molecular weight is 314 g/mol. The molecule has 0 bridgehead atoms. The second-order valence-corrected chi connectivity index (χ2v) is 5.89. The minimum atomic E-state index is -0.241. The van der Waals surface area contributed by atoms with E-state index in [0.29, 0.717) is 5.75 Å². The highest BCUT2D eigenvalue weighted by atomic mass is 19.1. The first-order valence-electron chi connectivity index (χ1n) is 8.18. The highest BCUT2D eigenvalue weighted by Gasteiger charge is 2.23. The minimum absolute atomic E-state index is 0.00552. The van der Waals surface area contributed by atoms with Gasteiger partial charge in [0.25, 0.3) is 0 Å². The summed E-state index contributed by atoms with van der Waals surface area (Å²) < 4.78 is 19.3. The zero-order chi connectivity index (χ0) is 15.9. The number of hydrogen-bond acceptors (Lipinski definition) is 3. The normalized spacial score (nSPS) is 20.4. The first-order valence-corrected chi connectivity index (χ1v) is 8.18. The van der Waals surface area contributed by atoms with Crippen LogP contribution in [-0.4, -0.2) is 43.7 Å². The second kappa shape index (κ2) is 8.09. The first kappa shape index (κ1) is 16.0. The molecule has 1 aromatic rings. The van der Waals surface area contributed by atoms with Gasteiger partial charge < -0.3 is 10.1 Å². The van der Waals surface area contributed by atoms with Crippen LogP contribution < -0.4 is 10.1 Å². The molecule has 4 heteroatoms. The van der Waals surface area contributed by atoms with E-state index in [1.54, 1.807) is 12.1 Å². The van der Waals surface area contributed by atoms with Crippen molar-refractivity contribution in [2.24, 2.45) is 5.92 Å². The van der Waals surface area contributed by atoms with Gasteiger partial charge in [0, 0.05) is 38.6 Å². The maximum absolute atomic E-state index is 13.1.